The highest BCUT2D eigenvalue weighted by Crippen LogP contribution is 2.42. The number of Topliss-reactive ketones (excluding diaryl/α,β-unsaturated/α-hetero) is 1. The molecular weight excluding hydrogens is 362 g/mol. The molecule has 1 aliphatic heterocycles. The normalized spacial score (nSPS) is 14.3. The van der Waals surface area contributed by atoms with Gasteiger partial charge in [0.1, 0.15) is 11.5 Å². The Hall–Kier alpha value is -3.37. The lowest BCUT2D eigenvalue weighted by Gasteiger charge is -2.15. The second-order valence-corrected chi connectivity index (χ2v) is 7.56. The minimum atomic E-state index is -0.148. The molecule has 146 valence electrons. The third kappa shape index (κ3) is 3.67. The first-order chi connectivity index (χ1) is 13.9. The number of phenols is 1. The minimum Gasteiger partial charge on any atom is -0.507 e. The van der Waals surface area contributed by atoms with Crippen LogP contribution in [0, 0.1) is 6.92 Å². The van der Waals surface area contributed by atoms with Crippen molar-refractivity contribution in [2.75, 3.05) is 14.1 Å². The fourth-order valence-corrected chi connectivity index (χ4v) is 3.60. The van der Waals surface area contributed by atoms with Crippen LogP contribution in [0.3, 0.4) is 0 Å². The number of aryl methyl sites for hydroxylation is 1. The first-order valence-electron chi connectivity index (χ1n) is 9.54. The number of benzene rings is 3. The number of carbonyl (C=O) groups is 1. The second kappa shape index (κ2) is 7.57. The van der Waals surface area contributed by atoms with E-state index in [1.54, 1.807) is 12.1 Å². The first kappa shape index (κ1) is 19.0. The highest BCUT2D eigenvalue weighted by atomic mass is 16.5. The molecule has 0 bridgehead atoms. The number of carbonyl (C=O) groups excluding carboxylic acids is 1. The lowest BCUT2D eigenvalue weighted by Crippen LogP contribution is -2.12. The van der Waals surface area contributed by atoms with Gasteiger partial charge in [-0.05, 0) is 55.4 Å². The van der Waals surface area contributed by atoms with Crippen LogP contribution < -0.4 is 4.74 Å². The average Bonchev–Trinajstić information content (AvgIpc) is 3.03. The topological polar surface area (TPSA) is 49.8 Å². The maximum absolute atomic E-state index is 13.0. The molecule has 1 heterocycles. The predicted molar refractivity (Wildman–Crippen MR) is 115 cm³/mol. The molecule has 0 saturated carbocycles. The third-order valence-corrected chi connectivity index (χ3v) is 5.01. The maximum Gasteiger partial charge on any atom is 0.232 e. The molecule has 4 heteroatoms. The van der Waals surface area contributed by atoms with Crippen molar-refractivity contribution in [3.63, 3.8) is 0 Å². The van der Waals surface area contributed by atoms with E-state index < -0.39 is 0 Å². The van der Waals surface area contributed by atoms with Crippen LogP contribution in [0.4, 0.5) is 0 Å². The number of hydrogen-bond acceptors (Lipinski definition) is 4. The van der Waals surface area contributed by atoms with E-state index in [9.17, 15) is 9.90 Å². The van der Waals surface area contributed by atoms with Gasteiger partial charge in [-0.2, -0.15) is 0 Å². The summed E-state index contributed by atoms with van der Waals surface area (Å²) in [6.45, 7) is 2.30. The minimum absolute atomic E-state index is 0.148. The van der Waals surface area contributed by atoms with Gasteiger partial charge in [0.15, 0.2) is 5.76 Å². The summed E-state index contributed by atoms with van der Waals surface area (Å²) in [7, 11) is 3.82. The van der Waals surface area contributed by atoms with E-state index >= 15 is 0 Å². The van der Waals surface area contributed by atoms with E-state index in [0.717, 1.165) is 16.7 Å². The molecular formula is C25H23NO3. The lowest BCUT2D eigenvalue weighted by atomic mass is 9.99. The molecule has 0 amide bonds. The standard InChI is InChI=1S/C25H23NO3/c1-16-13-21(27)20(15-26(2)3)25-23(16)24(28)22(29-25)14-17-9-11-19(12-10-17)18-7-5-4-6-8-18/h4-14,27H,15H2,1-3H3/b22-14-. The van der Waals surface area contributed by atoms with Gasteiger partial charge in [0, 0.05) is 6.54 Å². The summed E-state index contributed by atoms with van der Waals surface area (Å²) in [4.78, 5) is 14.9. The molecule has 29 heavy (non-hydrogen) atoms. The van der Waals surface area contributed by atoms with Crippen LogP contribution in [0.15, 0.2) is 66.4 Å². The van der Waals surface area contributed by atoms with Gasteiger partial charge in [-0.15, -0.1) is 0 Å². The number of rotatable bonds is 4. The van der Waals surface area contributed by atoms with Crippen molar-refractivity contribution in [1.29, 1.82) is 0 Å². The maximum atomic E-state index is 13.0. The molecule has 0 aliphatic carbocycles. The Morgan fingerprint density at radius 1 is 1.00 bits per heavy atom. The number of hydrogen-bond donors (Lipinski definition) is 1. The summed E-state index contributed by atoms with van der Waals surface area (Å²) in [6.07, 6.45) is 1.76. The Kier molecular flexibility index (Phi) is 4.95. The molecule has 0 aromatic heterocycles. The molecule has 0 unspecified atom stereocenters. The molecule has 3 aromatic rings. The largest absolute Gasteiger partial charge is 0.507 e. The van der Waals surface area contributed by atoms with Crippen molar-refractivity contribution in [3.05, 3.63) is 88.7 Å². The number of allylic oxidation sites excluding steroid dienone is 1. The molecule has 0 radical (unpaired) electrons. The van der Waals surface area contributed by atoms with Gasteiger partial charge in [0.2, 0.25) is 5.78 Å². The van der Waals surface area contributed by atoms with Crippen molar-refractivity contribution in [1.82, 2.24) is 4.90 Å². The smallest absolute Gasteiger partial charge is 0.232 e. The van der Waals surface area contributed by atoms with Crippen molar-refractivity contribution >= 4 is 11.9 Å². The fraction of sp³-hybridized carbons (Fsp3) is 0.160. The number of ether oxygens (including phenoxy) is 1. The Morgan fingerprint density at radius 2 is 1.66 bits per heavy atom. The number of nitrogens with zero attached hydrogens (tertiary/aromatic N) is 1. The van der Waals surface area contributed by atoms with Crippen molar-refractivity contribution < 1.29 is 14.6 Å². The highest BCUT2D eigenvalue weighted by Gasteiger charge is 2.33. The highest BCUT2D eigenvalue weighted by molar-refractivity contribution is 6.15. The monoisotopic (exact) mass is 385 g/mol. The van der Waals surface area contributed by atoms with Gasteiger partial charge >= 0.3 is 0 Å². The summed E-state index contributed by atoms with van der Waals surface area (Å²) >= 11 is 0. The predicted octanol–water partition coefficient (Wildman–Crippen LogP) is 5.05. The van der Waals surface area contributed by atoms with E-state index in [2.05, 4.69) is 12.1 Å². The Labute approximate surface area is 170 Å². The molecule has 3 aromatic carbocycles. The van der Waals surface area contributed by atoms with Gasteiger partial charge in [-0.1, -0.05) is 54.6 Å². The van der Waals surface area contributed by atoms with E-state index in [4.69, 9.17) is 4.74 Å². The van der Waals surface area contributed by atoms with E-state index in [1.165, 1.54) is 0 Å². The molecule has 4 nitrogen and oxygen atoms in total. The Morgan fingerprint density at radius 3 is 2.31 bits per heavy atom. The molecule has 0 fully saturated rings. The van der Waals surface area contributed by atoms with Crippen LogP contribution in [0.5, 0.6) is 11.5 Å². The summed E-state index contributed by atoms with van der Waals surface area (Å²) in [6, 6.07) is 19.8. The Bertz CT molecular complexity index is 1100. The molecule has 0 atom stereocenters. The van der Waals surface area contributed by atoms with Crippen LogP contribution in [0.2, 0.25) is 0 Å². The zero-order valence-corrected chi connectivity index (χ0v) is 16.8. The lowest BCUT2D eigenvalue weighted by molar-refractivity contribution is 0.101. The zero-order valence-electron chi connectivity index (χ0n) is 16.8. The van der Waals surface area contributed by atoms with Crippen molar-refractivity contribution in [2.45, 2.75) is 13.5 Å². The summed E-state index contributed by atoms with van der Waals surface area (Å²) < 4.78 is 5.96. The van der Waals surface area contributed by atoms with Gasteiger partial charge < -0.3 is 14.7 Å². The zero-order chi connectivity index (χ0) is 20.5. The number of aromatic hydroxyl groups is 1. The second-order valence-electron chi connectivity index (χ2n) is 7.56. The fourth-order valence-electron chi connectivity index (χ4n) is 3.60. The van der Waals surface area contributed by atoms with Gasteiger partial charge in [-0.3, -0.25) is 4.79 Å². The quantitative estimate of drug-likeness (QED) is 0.639. The van der Waals surface area contributed by atoms with Crippen LogP contribution in [-0.2, 0) is 6.54 Å². The Balaban J connectivity index is 1.67. The van der Waals surface area contributed by atoms with Crippen LogP contribution >= 0.6 is 0 Å². The molecule has 0 spiro atoms. The third-order valence-electron chi connectivity index (χ3n) is 5.01. The number of phenolic OH excluding ortho intramolecular Hbond substituents is 1. The van der Waals surface area contributed by atoms with E-state index in [1.807, 2.05) is 68.4 Å². The number of fused-ring (bicyclic) bond motifs is 1. The summed E-state index contributed by atoms with van der Waals surface area (Å²) in [5, 5.41) is 10.4. The van der Waals surface area contributed by atoms with Crippen molar-refractivity contribution in [2.24, 2.45) is 0 Å². The SMILES string of the molecule is Cc1cc(O)c(CN(C)C)c2c1C(=O)/C(=C/c1ccc(-c3ccccc3)cc1)O2. The number of ketones is 1. The van der Waals surface area contributed by atoms with Crippen molar-refractivity contribution in [3.8, 4) is 22.6 Å². The average molecular weight is 385 g/mol. The van der Waals surface area contributed by atoms with Gasteiger partial charge in [-0.25, -0.2) is 0 Å². The molecule has 1 N–H and O–H groups in total. The van der Waals surface area contributed by atoms with Crippen LogP contribution in [0.1, 0.15) is 27.0 Å². The van der Waals surface area contributed by atoms with E-state index in [-0.39, 0.29) is 17.3 Å². The van der Waals surface area contributed by atoms with Gasteiger partial charge in [0.25, 0.3) is 0 Å². The molecule has 1 aliphatic rings. The summed E-state index contributed by atoms with van der Waals surface area (Å²) in [5.74, 6) is 0.746. The van der Waals surface area contributed by atoms with E-state index in [0.29, 0.717) is 29.0 Å². The molecule has 4 rings (SSSR count). The van der Waals surface area contributed by atoms with Crippen LogP contribution in [-0.4, -0.2) is 29.9 Å². The molecule has 0 saturated heterocycles. The van der Waals surface area contributed by atoms with Crippen LogP contribution in [0.25, 0.3) is 17.2 Å². The van der Waals surface area contributed by atoms with Gasteiger partial charge in [0.05, 0.1) is 11.1 Å². The first-order valence-corrected chi connectivity index (χ1v) is 9.54. The summed E-state index contributed by atoms with van der Waals surface area (Å²) in [5.41, 5.74) is 5.03.